The zero-order chi connectivity index (χ0) is 15.0. The molecule has 21 heavy (non-hydrogen) atoms. The van der Waals surface area contributed by atoms with Gasteiger partial charge in [-0.15, -0.1) is 11.6 Å². The number of hydrogen-bond donors (Lipinski definition) is 0. The largest absolute Gasteiger partial charge is 0.497 e. The lowest BCUT2D eigenvalue weighted by molar-refractivity contribution is 0.414. The average molecular weight is 305 g/mol. The Kier molecular flexibility index (Phi) is 3.59. The SMILES string of the molecule is CCc1nn(C)c2c1nc(CCl)n2-c1cccc(OC)c1. The van der Waals surface area contributed by atoms with E-state index in [9.17, 15) is 0 Å². The maximum atomic E-state index is 6.09. The molecule has 3 aromatic rings. The normalized spacial score (nSPS) is 11.2. The summed E-state index contributed by atoms with van der Waals surface area (Å²) < 4.78 is 9.20. The molecule has 0 radical (unpaired) electrons. The lowest BCUT2D eigenvalue weighted by Gasteiger charge is -2.09. The second-order valence-corrected chi connectivity index (χ2v) is 5.06. The lowest BCUT2D eigenvalue weighted by atomic mass is 10.3. The molecule has 0 aliphatic heterocycles. The Morgan fingerprint density at radius 3 is 2.81 bits per heavy atom. The predicted molar refractivity (Wildman–Crippen MR) is 83.3 cm³/mol. The number of nitrogens with zero attached hydrogens (tertiary/aromatic N) is 4. The average Bonchev–Trinajstić information content (AvgIpc) is 3.04. The van der Waals surface area contributed by atoms with Crippen molar-refractivity contribution in [2.75, 3.05) is 7.11 Å². The minimum Gasteiger partial charge on any atom is -0.497 e. The predicted octanol–water partition coefficient (Wildman–Crippen LogP) is 3.07. The fourth-order valence-corrected chi connectivity index (χ4v) is 2.75. The minimum absolute atomic E-state index is 0.342. The molecule has 1 aromatic carbocycles. The Morgan fingerprint density at radius 1 is 1.33 bits per heavy atom. The number of benzene rings is 1. The molecule has 2 aromatic heterocycles. The van der Waals surface area contributed by atoms with Crippen LogP contribution in [-0.2, 0) is 19.3 Å². The van der Waals surface area contributed by atoms with Gasteiger partial charge in [0.05, 0.1) is 24.4 Å². The molecule has 0 aliphatic carbocycles. The van der Waals surface area contributed by atoms with Crippen LogP contribution in [-0.4, -0.2) is 26.4 Å². The van der Waals surface area contributed by atoms with Crippen molar-refractivity contribution in [1.29, 1.82) is 0 Å². The molecular formula is C15H17ClN4O. The van der Waals surface area contributed by atoms with Crippen LogP contribution in [0.2, 0.25) is 0 Å². The molecule has 0 N–H and O–H groups in total. The fourth-order valence-electron chi connectivity index (χ4n) is 2.57. The molecule has 0 amide bonds. The second-order valence-electron chi connectivity index (χ2n) is 4.79. The van der Waals surface area contributed by atoms with Crippen LogP contribution in [0.3, 0.4) is 0 Å². The van der Waals surface area contributed by atoms with Gasteiger partial charge in [-0.05, 0) is 18.6 Å². The van der Waals surface area contributed by atoms with Gasteiger partial charge in [-0.25, -0.2) is 9.67 Å². The first kappa shape index (κ1) is 13.9. The van der Waals surface area contributed by atoms with E-state index in [1.54, 1.807) is 7.11 Å². The third-order valence-corrected chi connectivity index (χ3v) is 3.78. The third-order valence-electron chi connectivity index (χ3n) is 3.54. The van der Waals surface area contributed by atoms with Crippen molar-refractivity contribution in [3.05, 3.63) is 35.8 Å². The maximum absolute atomic E-state index is 6.09. The smallest absolute Gasteiger partial charge is 0.163 e. The zero-order valence-electron chi connectivity index (χ0n) is 12.3. The highest BCUT2D eigenvalue weighted by atomic mass is 35.5. The molecule has 5 nitrogen and oxygen atoms in total. The van der Waals surface area contributed by atoms with E-state index in [0.29, 0.717) is 5.88 Å². The van der Waals surface area contributed by atoms with Crippen molar-refractivity contribution in [1.82, 2.24) is 19.3 Å². The first-order valence-electron chi connectivity index (χ1n) is 6.83. The number of ether oxygens (including phenoxy) is 1. The van der Waals surface area contributed by atoms with Crippen molar-refractivity contribution < 1.29 is 4.74 Å². The summed E-state index contributed by atoms with van der Waals surface area (Å²) >= 11 is 6.09. The summed E-state index contributed by atoms with van der Waals surface area (Å²) in [6.07, 6.45) is 0.841. The highest BCUT2D eigenvalue weighted by molar-refractivity contribution is 6.17. The molecule has 0 bridgehead atoms. The van der Waals surface area contributed by atoms with Crippen LogP contribution in [0.4, 0.5) is 0 Å². The molecule has 2 heterocycles. The molecule has 110 valence electrons. The van der Waals surface area contributed by atoms with Crippen molar-refractivity contribution in [2.45, 2.75) is 19.2 Å². The quantitative estimate of drug-likeness (QED) is 0.696. The Bertz CT molecular complexity index is 790. The van der Waals surface area contributed by atoms with Gasteiger partial charge >= 0.3 is 0 Å². The van der Waals surface area contributed by atoms with E-state index >= 15 is 0 Å². The summed E-state index contributed by atoms with van der Waals surface area (Å²) in [6.45, 7) is 2.08. The van der Waals surface area contributed by atoms with Crippen LogP contribution in [0.5, 0.6) is 5.75 Å². The van der Waals surface area contributed by atoms with E-state index in [-0.39, 0.29) is 0 Å². The van der Waals surface area contributed by atoms with Crippen molar-refractivity contribution in [2.24, 2.45) is 7.05 Å². The summed E-state index contributed by atoms with van der Waals surface area (Å²) in [7, 11) is 3.59. The molecule has 0 saturated heterocycles. The van der Waals surface area contributed by atoms with E-state index in [1.807, 2.05) is 40.6 Å². The van der Waals surface area contributed by atoms with Crippen LogP contribution >= 0.6 is 11.6 Å². The molecule has 3 rings (SSSR count). The van der Waals surface area contributed by atoms with Gasteiger partial charge in [-0.2, -0.15) is 5.10 Å². The number of halogens is 1. The van der Waals surface area contributed by atoms with E-state index in [4.69, 9.17) is 16.3 Å². The molecule has 0 spiro atoms. The highest BCUT2D eigenvalue weighted by Crippen LogP contribution is 2.26. The topological polar surface area (TPSA) is 44.9 Å². The van der Waals surface area contributed by atoms with E-state index in [1.165, 1.54) is 0 Å². The number of aryl methyl sites for hydroxylation is 2. The summed E-state index contributed by atoms with van der Waals surface area (Å²) in [4.78, 5) is 4.66. The molecule has 6 heteroatoms. The van der Waals surface area contributed by atoms with E-state index in [0.717, 1.165) is 40.5 Å². The molecule has 0 aliphatic rings. The standard InChI is InChI=1S/C15H17ClN4O/c1-4-12-14-15(19(2)18-12)20(13(9-16)17-14)10-6-5-7-11(8-10)21-3/h5-8H,4,9H2,1-3H3. The number of alkyl halides is 1. The summed E-state index contributed by atoms with van der Waals surface area (Å²) in [5.74, 6) is 1.95. The maximum Gasteiger partial charge on any atom is 0.163 e. The van der Waals surface area contributed by atoms with E-state index < -0.39 is 0 Å². The molecule has 0 unspecified atom stereocenters. The monoisotopic (exact) mass is 304 g/mol. The first-order chi connectivity index (χ1) is 10.2. The van der Waals surface area contributed by atoms with Crippen LogP contribution in [0.1, 0.15) is 18.4 Å². The van der Waals surface area contributed by atoms with Gasteiger partial charge < -0.3 is 4.74 Å². The minimum atomic E-state index is 0.342. The van der Waals surface area contributed by atoms with E-state index in [2.05, 4.69) is 17.0 Å². The number of methoxy groups -OCH3 is 1. The molecular weight excluding hydrogens is 288 g/mol. The number of imidazole rings is 1. The van der Waals surface area contributed by atoms with Gasteiger partial charge in [0.15, 0.2) is 5.65 Å². The van der Waals surface area contributed by atoms with Crippen molar-refractivity contribution in [3.8, 4) is 11.4 Å². The Morgan fingerprint density at radius 2 is 2.14 bits per heavy atom. The Hall–Kier alpha value is -2.01. The third kappa shape index (κ3) is 2.17. The van der Waals surface area contributed by atoms with Crippen LogP contribution in [0.15, 0.2) is 24.3 Å². The number of fused-ring (bicyclic) bond motifs is 1. The lowest BCUT2D eigenvalue weighted by Crippen LogP contribution is -2.04. The first-order valence-corrected chi connectivity index (χ1v) is 7.36. The van der Waals surface area contributed by atoms with Gasteiger partial charge in [-0.3, -0.25) is 4.57 Å². The van der Waals surface area contributed by atoms with Gasteiger partial charge in [0.1, 0.15) is 17.1 Å². The Labute approximate surface area is 128 Å². The number of rotatable bonds is 4. The summed E-state index contributed by atoms with van der Waals surface area (Å²) in [5.41, 5.74) is 3.83. The van der Waals surface area contributed by atoms with Crippen LogP contribution < -0.4 is 4.74 Å². The van der Waals surface area contributed by atoms with Crippen molar-refractivity contribution >= 4 is 22.8 Å². The van der Waals surface area contributed by atoms with Gasteiger partial charge in [0.25, 0.3) is 0 Å². The fraction of sp³-hybridized carbons (Fsp3) is 0.333. The van der Waals surface area contributed by atoms with Gasteiger partial charge in [-0.1, -0.05) is 13.0 Å². The molecule has 0 fully saturated rings. The van der Waals surface area contributed by atoms with Crippen LogP contribution in [0.25, 0.3) is 16.9 Å². The summed E-state index contributed by atoms with van der Waals surface area (Å²) in [5, 5.41) is 4.53. The number of hydrogen-bond acceptors (Lipinski definition) is 3. The van der Waals surface area contributed by atoms with Crippen LogP contribution in [0, 0.1) is 0 Å². The summed E-state index contributed by atoms with van der Waals surface area (Å²) in [6, 6.07) is 7.85. The van der Waals surface area contributed by atoms with Gasteiger partial charge in [0.2, 0.25) is 0 Å². The number of aromatic nitrogens is 4. The molecule has 0 atom stereocenters. The Balaban J connectivity index is 2.31. The second kappa shape index (κ2) is 5.41. The van der Waals surface area contributed by atoms with Crippen molar-refractivity contribution in [3.63, 3.8) is 0 Å². The van der Waals surface area contributed by atoms with Gasteiger partial charge in [0, 0.05) is 13.1 Å². The molecule has 0 saturated carbocycles. The zero-order valence-corrected chi connectivity index (χ0v) is 13.1. The highest BCUT2D eigenvalue weighted by Gasteiger charge is 2.19.